The van der Waals surface area contributed by atoms with Gasteiger partial charge < -0.3 is 20.9 Å². The fourth-order valence-electron chi connectivity index (χ4n) is 2.13. The molecule has 0 aliphatic heterocycles. The Balaban J connectivity index is 2.68. The monoisotopic (exact) mass is 391 g/mol. The van der Waals surface area contributed by atoms with Gasteiger partial charge in [0.1, 0.15) is 17.5 Å². The molecule has 1 aromatic carbocycles. The SMILES string of the molecule is CCOc1cc(-c2nc(N)nc(N)c2C#N)c(Br)cc1OC(C)C. The van der Waals surface area contributed by atoms with Crippen LogP contribution in [-0.4, -0.2) is 22.7 Å². The summed E-state index contributed by atoms with van der Waals surface area (Å²) in [6, 6.07) is 5.53. The quantitative estimate of drug-likeness (QED) is 0.802. The summed E-state index contributed by atoms with van der Waals surface area (Å²) in [6.07, 6.45) is -0.0121. The van der Waals surface area contributed by atoms with Crippen LogP contribution < -0.4 is 20.9 Å². The predicted molar refractivity (Wildman–Crippen MR) is 95.6 cm³/mol. The highest BCUT2D eigenvalue weighted by atomic mass is 79.9. The number of nitrogens with two attached hydrogens (primary N) is 2. The molecule has 0 saturated heterocycles. The number of anilines is 2. The Morgan fingerprint density at radius 2 is 1.96 bits per heavy atom. The molecule has 1 heterocycles. The van der Waals surface area contributed by atoms with Crippen LogP contribution in [0.3, 0.4) is 0 Å². The first-order chi connectivity index (χ1) is 11.4. The van der Waals surface area contributed by atoms with Gasteiger partial charge >= 0.3 is 0 Å². The summed E-state index contributed by atoms with van der Waals surface area (Å²) in [7, 11) is 0. The molecule has 0 aliphatic carbocycles. The fraction of sp³-hybridized carbons (Fsp3) is 0.312. The molecule has 24 heavy (non-hydrogen) atoms. The molecule has 1 aromatic heterocycles. The zero-order valence-corrected chi connectivity index (χ0v) is 15.2. The largest absolute Gasteiger partial charge is 0.490 e. The van der Waals surface area contributed by atoms with Crippen molar-refractivity contribution in [2.45, 2.75) is 26.9 Å². The van der Waals surface area contributed by atoms with E-state index in [9.17, 15) is 5.26 Å². The molecule has 0 radical (unpaired) electrons. The Labute approximate surface area is 148 Å². The molecule has 8 heteroatoms. The van der Waals surface area contributed by atoms with Crippen molar-refractivity contribution in [3.63, 3.8) is 0 Å². The molecule has 0 aliphatic rings. The molecule has 0 saturated carbocycles. The topological polar surface area (TPSA) is 120 Å². The maximum atomic E-state index is 9.37. The van der Waals surface area contributed by atoms with Gasteiger partial charge in [-0.15, -0.1) is 0 Å². The Morgan fingerprint density at radius 3 is 2.54 bits per heavy atom. The predicted octanol–water partition coefficient (Wildman–Crippen LogP) is 3.13. The molecule has 0 fully saturated rings. The van der Waals surface area contributed by atoms with Gasteiger partial charge in [0.15, 0.2) is 11.5 Å². The molecule has 2 rings (SSSR count). The number of rotatable bonds is 5. The van der Waals surface area contributed by atoms with Gasteiger partial charge in [0.2, 0.25) is 5.95 Å². The highest BCUT2D eigenvalue weighted by Gasteiger charge is 2.19. The third-order valence-corrected chi connectivity index (χ3v) is 3.67. The van der Waals surface area contributed by atoms with E-state index < -0.39 is 0 Å². The Bertz CT molecular complexity index is 802. The van der Waals surface area contributed by atoms with E-state index in [-0.39, 0.29) is 23.4 Å². The van der Waals surface area contributed by atoms with Gasteiger partial charge in [-0.1, -0.05) is 0 Å². The zero-order valence-electron chi connectivity index (χ0n) is 13.6. The summed E-state index contributed by atoms with van der Waals surface area (Å²) < 4.78 is 12.1. The smallest absolute Gasteiger partial charge is 0.222 e. The lowest BCUT2D eigenvalue weighted by atomic mass is 10.1. The third-order valence-electron chi connectivity index (χ3n) is 3.02. The number of halogens is 1. The van der Waals surface area contributed by atoms with E-state index >= 15 is 0 Å². The van der Waals surface area contributed by atoms with Gasteiger partial charge in [-0.05, 0) is 48.8 Å². The number of nitriles is 1. The average molecular weight is 392 g/mol. The summed E-state index contributed by atoms with van der Waals surface area (Å²) in [6.45, 7) is 6.20. The fourth-order valence-corrected chi connectivity index (χ4v) is 2.64. The highest BCUT2D eigenvalue weighted by molar-refractivity contribution is 9.10. The van der Waals surface area contributed by atoms with E-state index in [1.165, 1.54) is 0 Å². The van der Waals surface area contributed by atoms with Crippen molar-refractivity contribution in [2.75, 3.05) is 18.1 Å². The van der Waals surface area contributed by atoms with Crippen LogP contribution in [0, 0.1) is 11.3 Å². The van der Waals surface area contributed by atoms with Gasteiger partial charge in [0, 0.05) is 10.0 Å². The second kappa shape index (κ2) is 7.36. The van der Waals surface area contributed by atoms with Gasteiger partial charge in [0.25, 0.3) is 0 Å². The van der Waals surface area contributed by atoms with Crippen molar-refractivity contribution in [3.05, 3.63) is 22.2 Å². The third kappa shape index (κ3) is 3.68. The molecule has 4 N–H and O–H groups in total. The first-order valence-electron chi connectivity index (χ1n) is 7.33. The van der Waals surface area contributed by atoms with Gasteiger partial charge in [0.05, 0.1) is 18.4 Å². The van der Waals surface area contributed by atoms with E-state index in [4.69, 9.17) is 20.9 Å². The standard InChI is InChI=1S/C16H18BrN5O2/c1-4-23-12-5-9(11(17)6-13(12)24-8(2)3)14-10(7-18)15(19)22-16(20)21-14/h5-6,8H,4H2,1-3H3,(H4,19,20,21,22). The second-order valence-electron chi connectivity index (χ2n) is 5.18. The zero-order chi connectivity index (χ0) is 17.9. The van der Waals surface area contributed by atoms with Crippen LogP contribution in [0.2, 0.25) is 0 Å². The van der Waals surface area contributed by atoms with Gasteiger partial charge in [-0.2, -0.15) is 10.2 Å². The van der Waals surface area contributed by atoms with Crippen LogP contribution in [0.5, 0.6) is 11.5 Å². The maximum Gasteiger partial charge on any atom is 0.222 e. The lowest BCUT2D eigenvalue weighted by molar-refractivity contribution is 0.224. The van der Waals surface area contributed by atoms with Crippen molar-refractivity contribution in [2.24, 2.45) is 0 Å². The summed E-state index contributed by atoms with van der Waals surface area (Å²) in [5, 5.41) is 9.37. The summed E-state index contributed by atoms with van der Waals surface area (Å²) in [4.78, 5) is 7.99. The normalized spacial score (nSPS) is 10.5. The van der Waals surface area contributed by atoms with E-state index in [0.29, 0.717) is 33.8 Å². The van der Waals surface area contributed by atoms with Crippen LogP contribution in [0.4, 0.5) is 11.8 Å². The first-order valence-corrected chi connectivity index (χ1v) is 8.13. The lowest BCUT2D eigenvalue weighted by Gasteiger charge is -2.17. The van der Waals surface area contributed by atoms with Crippen LogP contribution in [0.25, 0.3) is 11.3 Å². The number of hydrogen-bond donors (Lipinski definition) is 2. The van der Waals surface area contributed by atoms with Crippen LogP contribution >= 0.6 is 15.9 Å². The molecule has 126 valence electrons. The number of nitrogens with zero attached hydrogens (tertiary/aromatic N) is 3. The second-order valence-corrected chi connectivity index (χ2v) is 6.04. The molecular weight excluding hydrogens is 374 g/mol. The van der Waals surface area contributed by atoms with Crippen LogP contribution in [0.15, 0.2) is 16.6 Å². The number of hydrogen-bond acceptors (Lipinski definition) is 7. The summed E-state index contributed by atoms with van der Waals surface area (Å²) in [5.41, 5.74) is 12.6. The Kier molecular flexibility index (Phi) is 5.46. The van der Waals surface area contributed by atoms with E-state index in [1.807, 2.05) is 26.8 Å². The summed E-state index contributed by atoms with van der Waals surface area (Å²) in [5.74, 6) is 1.17. The summed E-state index contributed by atoms with van der Waals surface area (Å²) >= 11 is 3.48. The van der Waals surface area contributed by atoms with Crippen molar-refractivity contribution in [1.29, 1.82) is 5.26 Å². The minimum atomic E-state index is -0.0121. The average Bonchev–Trinajstić information content (AvgIpc) is 2.48. The minimum Gasteiger partial charge on any atom is -0.490 e. The van der Waals surface area contributed by atoms with Crippen molar-refractivity contribution < 1.29 is 9.47 Å². The van der Waals surface area contributed by atoms with Crippen LogP contribution in [-0.2, 0) is 0 Å². The van der Waals surface area contributed by atoms with Crippen LogP contribution in [0.1, 0.15) is 26.3 Å². The van der Waals surface area contributed by atoms with E-state index in [0.717, 1.165) is 0 Å². The maximum absolute atomic E-state index is 9.37. The molecule has 2 aromatic rings. The molecule has 0 unspecified atom stereocenters. The van der Waals surface area contributed by atoms with Gasteiger partial charge in [-0.25, -0.2) is 4.98 Å². The molecular formula is C16H18BrN5O2. The Hall–Kier alpha value is -2.53. The lowest BCUT2D eigenvalue weighted by Crippen LogP contribution is -2.08. The number of nitrogen functional groups attached to an aromatic ring is 2. The number of ether oxygens (including phenoxy) is 2. The molecule has 7 nitrogen and oxygen atoms in total. The van der Waals surface area contributed by atoms with Crippen molar-refractivity contribution in [3.8, 4) is 28.8 Å². The highest BCUT2D eigenvalue weighted by Crippen LogP contribution is 2.40. The molecule has 0 amide bonds. The minimum absolute atomic E-state index is 0.00568. The molecule has 0 atom stereocenters. The Morgan fingerprint density at radius 1 is 1.25 bits per heavy atom. The van der Waals surface area contributed by atoms with E-state index in [2.05, 4.69) is 25.9 Å². The van der Waals surface area contributed by atoms with Crippen molar-refractivity contribution in [1.82, 2.24) is 9.97 Å². The first kappa shape index (κ1) is 17.8. The molecule has 0 spiro atoms. The van der Waals surface area contributed by atoms with Crippen molar-refractivity contribution >= 4 is 27.7 Å². The van der Waals surface area contributed by atoms with E-state index in [1.54, 1.807) is 12.1 Å². The number of aromatic nitrogens is 2. The number of benzene rings is 1. The van der Waals surface area contributed by atoms with Gasteiger partial charge in [-0.3, -0.25) is 0 Å². The molecule has 0 bridgehead atoms.